The van der Waals surface area contributed by atoms with Gasteiger partial charge in [-0.25, -0.2) is 12.8 Å². The molecule has 0 spiro atoms. The number of nitrogen functional groups attached to an aromatic ring is 1. The summed E-state index contributed by atoms with van der Waals surface area (Å²) < 4.78 is 40.3. The standard InChI is InChI=1S/C13H18ClFN2O2S/c1-2-3-9-4-5-17(8-9)20(18,19)12-7-10(16)6-11(14)13(12)15/h6-7,9H,2-5,8,16H2,1H3. The first-order valence-electron chi connectivity index (χ1n) is 6.61. The summed E-state index contributed by atoms with van der Waals surface area (Å²) in [5, 5.41) is -0.270. The molecule has 112 valence electrons. The summed E-state index contributed by atoms with van der Waals surface area (Å²) in [6.07, 6.45) is 2.80. The Labute approximate surface area is 123 Å². The second-order valence-electron chi connectivity index (χ2n) is 5.12. The molecule has 1 unspecified atom stereocenters. The van der Waals surface area contributed by atoms with Gasteiger partial charge in [-0.2, -0.15) is 4.31 Å². The van der Waals surface area contributed by atoms with Gasteiger partial charge in [0.1, 0.15) is 4.90 Å². The molecule has 1 aromatic carbocycles. The van der Waals surface area contributed by atoms with Crippen molar-refractivity contribution < 1.29 is 12.8 Å². The van der Waals surface area contributed by atoms with E-state index in [9.17, 15) is 12.8 Å². The molecule has 1 heterocycles. The van der Waals surface area contributed by atoms with Crippen molar-refractivity contribution >= 4 is 27.3 Å². The van der Waals surface area contributed by atoms with Crippen LogP contribution in [0.15, 0.2) is 17.0 Å². The Morgan fingerprint density at radius 1 is 1.50 bits per heavy atom. The Bertz CT molecular complexity index is 607. The number of anilines is 1. The first kappa shape index (κ1) is 15.5. The van der Waals surface area contributed by atoms with Gasteiger partial charge in [-0.05, 0) is 30.9 Å². The minimum atomic E-state index is -3.87. The predicted molar refractivity (Wildman–Crippen MR) is 77.6 cm³/mol. The molecule has 20 heavy (non-hydrogen) atoms. The molecule has 0 aromatic heterocycles. The van der Waals surface area contributed by atoms with Gasteiger partial charge in [-0.15, -0.1) is 0 Å². The predicted octanol–water partition coefficient (Wildman–Crippen LogP) is 2.87. The highest BCUT2D eigenvalue weighted by molar-refractivity contribution is 7.89. The first-order valence-corrected chi connectivity index (χ1v) is 8.42. The van der Waals surface area contributed by atoms with Gasteiger partial charge in [0.2, 0.25) is 10.0 Å². The second kappa shape index (κ2) is 5.87. The Morgan fingerprint density at radius 2 is 2.20 bits per heavy atom. The molecule has 7 heteroatoms. The van der Waals surface area contributed by atoms with Gasteiger partial charge < -0.3 is 5.73 Å². The van der Waals surface area contributed by atoms with Crippen molar-refractivity contribution in [1.82, 2.24) is 4.31 Å². The topological polar surface area (TPSA) is 63.4 Å². The van der Waals surface area contributed by atoms with Gasteiger partial charge >= 0.3 is 0 Å². The molecular weight excluding hydrogens is 303 g/mol. The Kier molecular flexibility index (Phi) is 4.56. The fourth-order valence-electron chi connectivity index (χ4n) is 2.57. The minimum absolute atomic E-state index is 0.138. The van der Waals surface area contributed by atoms with Crippen molar-refractivity contribution in [3.63, 3.8) is 0 Å². The maximum Gasteiger partial charge on any atom is 0.246 e. The molecule has 1 aromatic rings. The summed E-state index contributed by atoms with van der Waals surface area (Å²) in [5.41, 5.74) is 5.70. The van der Waals surface area contributed by atoms with Crippen molar-refractivity contribution in [3.8, 4) is 0 Å². The molecule has 0 bridgehead atoms. The average Bonchev–Trinajstić information content (AvgIpc) is 2.83. The van der Waals surface area contributed by atoms with Crippen LogP contribution in [-0.4, -0.2) is 25.8 Å². The molecule has 1 saturated heterocycles. The third kappa shape index (κ3) is 2.92. The second-order valence-corrected chi connectivity index (χ2v) is 7.43. The lowest BCUT2D eigenvalue weighted by Crippen LogP contribution is -2.29. The molecule has 1 aliphatic rings. The number of hydrogen-bond acceptors (Lipinski definition) is 3. The van der Waals surface area contributed by atoms with E-state index >= 15 is 0 Å². The Hall–Kier alpha value is -0.850. The van der Waals surface area contributed by atoms with Gasteiger partial charge in [0, 0.05) is 18.8 Å². The van der Waals surface area contributed by atoms with E-state index in [0.717, 1.165) is 25.3 Å². The lowest BCUT2D eigenvalue weighted by atomic mass is 10.0. The van der Waals surface area contributed by atoms with E-state index in [0.29, 0.717) is 19.0 Å². The number of nitrogens with two attached hydrogens (primary N) is 1. The zero-order valence-electron chi connectivity index (χ0n) is 11.3. The quantitative estimate of drug-likeness (QED) is 0.868. The summed E-state index contributed by atoms with van der Waals surface area (Å²) >= 11 is 5.67. The maximum atomic E-state index is 14.0. The van der Waals surface area contributed by atoms with Crippen LogP contribution in [0.4, 0.5) is 10.1 Å². The lowest BCUT2D eigenvalue weighted by molar-refractivity contribution is 0.440. The SMILES string of the molecule is CCCC1CCN(S(=O)(=O)c2cc(N)cc(Cl)c2F)C1. The number of nitrogens with zero attached hydrogens (tertiary/aromatic N) is 1. The van der Waals surface area contributed by atoms with Crippen LogP contribution < -0.4 is 5.73 Å². The zero-order valence-corrected chi connectivity index (χ0v) is 12.8. The summed E-state index contributed by atoms with van der Waals surface area (Å²) in [7, 11) is -3.87. The van der Waals surface area contributed by atoms with Gasteiger partial charge in [0.05, 0.1) is 5.02 Å². The Balaban J connectivity index is 2.32. The van der Waals surface area contributed by atoms with E-state index in [2.05, 4.69) is 6.92 Å². The Morgan fingerprint density at radius 3 is 2.85 bits per heavy atom. The van der Waals surface area contributed by atoms with Crippen molar-refractivity contribution in [2.24, 2.45) is 5.92 Å². The van der Waals surface area contributed by atoms with Crippen molar-refractivity contribution in [2.45, 2.75) is 31.1 Å². The average molecular weight is 321 g/mol. The largest absolute Gasteiger partial charge is 0.399 e. The fraction of sp³-hybridized carbons (Fsp3) is 0.538. The van der Waals surface area contributed by atoms with Gasteiger partial charge in [0.15, 0.2) is 5.82 Å². The monoisotopic (exact) mass is 320 g/mol. The molecule has 1 fully saturated rings. The van der Waals surface area contributed by atoms with E-state index < -0.39 is 20.7 Å². The van der Waals surface area contributed by atoms with Crippen molar-refractivity contribution in [3.05, 3.63) is 23.0 Å². The van der Waals surface area contributed by atoms with Crippen LogP contribution in [0.3, 0.4) is 0 Å². The van der Waals surface area contributed by atoms with Gasteiger partial charge in [-0.3, -0.25) is 0 Å². The lowest BCUT2D eigenvalue weighted by Gasteiger charge is -2.17. The highest BCUT2D eigenvalue weighted by Gasteiger charge is 2.34. The molecular formula is C13H18ClFN2O2S. The van der Waals surface area contributed by atoms with Crippen LogP contribution in [0.2, 0.25) is 5.02 Å². The number of sulfonamides is 1. The molecule has 0 saturated carbocycles. The van der Waals surface area contributed by atoms with E-state index in [1.807, 2.05) is 0 Å². The third-order valence-corrected chi connectivity index (χ3v) is 5.72. The van der Waals surface area contributed by atoms with Gasteiger partial charge in [-0.1, -0.05) is 24.9 Å². The molecule has 2 N–H and O–H groups in total. The molecule has 0 amide bonds. The number of benzene rings is 1. The van der Waals surface area contributed by atoms with E-state index in [1.54, 1.807) is 0 Å². The fourth-order valence-corrected chi connectivity index (χ4v) is 4.51. The van der Waals surface area contributed by atoms with Crippen LogP contribution in [0.5, 0.6) is 0 Å². The van der Waals surface area contributed by atoms with Gasteiger partial charge in [0.25, 0.3) is 0 Å². The zero-order chi connectivity index (χ0) is 14.9. The van der Waals surface area contributed by atoms with E-state index in [-0.39, 0.29) is 10.7 Å². The molecule has 2 rings (SSSR count). The van der Waals surface area contributed by atoms with E-state index in [4.69, 9.17) is 17.3 Å². The summed E-state index contributed by atoms with van der Waals surface area (Å²) in [4.78, 5) is -0.431. The number of rotatable bonds is 4. The highest BCUT2D eigenvalue weighted by Crippen LogP contribution is 2.31. The van der Waals surface area contributed by atoms with Crippen LogP contribution >= 0.6 is 11.6 Å². The van der Waals surface area contributed by atoms with Crippen LogP contribution in [-0.2, 0) is 10.0 Å². The third-order valence-electron chi connectivity index (χ3n) is 3.58. The maximum absolute atomic E-state index is 14.0. The van der Waals surface area contributed by atoms with E-state index in [1.165, 1.54) is 10.4 Å². The first-order chi connectivity index (χ1) is 9.36. The molecule has 0 aliphatic carbocycles. The van der Waals surface area contributed by atoms with Crippen LogP contribution in [0, 0.1) is 11.7 Å². The molecule has 1 atom stereocenters. The van der Waals surface area contributed by atoms with Crippen molar-refractivity contribution in [2.75, 3.05) is 18.8 Å². The molecule has 4 nitrogen and oxygen atoms in total. The smallest absolute Gasteiger partial charge is 0.246 e. The number of hydrogen-bond donors (Lipinski definition) is 1. The van der Waals surface area contributed by atoms with Crippen molar-refractivity contribution in [1.29, 1.82) is 0 Å². The molecule has 1 aliphatic heterocycles. The summed E-state index contributed by atoms with van der Waals surface area (Å²) in [5.74, 6) is -0.589. The summed E-state index contributed by atoms with van der Waals surface area (Å²) in [6, 6.07) is 2.34. The van der Waals surface area contributed by atoms with Crippen LogP contribution in [0.1, 0.15) is 26.2 Å². The summed E-state index contributed by atoms with van der Waals surface area (Å²) in [6.45, 7) is 2.91. The molecule has 0 radical (unpaired) electrons. The minimum Gasteiger partial charge on any atom is -0.399 e. The van der Waals surface area contributed by atoms with Crippen LogP contribution in [0.25, 0.3) is 0 Å². The highest BCUT2D eigenvalue weighted by atomic mass is 35.5. The number of halogens is 2. The normalized spacial score (nSPS) is 20.4.